The molecule has 0 saturated heterocycles. The quantitative estimate of drug-likeness (QED) is 0.647. The largest absolute Gasteiger partial charge is 0.361 e. The highest BCUT2D eigenvalue weighted by Crippen LogP contribution is 2.30. The van der Waals surface area contributed by atoms with Crippen LogP contribution in [-0.2, 0) is 16.1 Å². The molecule has 1 heterocycles. The molecule has 0 bridgehead atoms. The first kappa shape index (κ1) is 16.3. The van der Waals surface area contributed by atoms with E-state index in [1.165, 1.54) is 16.5 Å². The van der Waals surface area contributed by atoms with Gasteiger partial charge in [0.15, 0.2) is 0 Å². The molecular weight excluding hydrogens is 300 g/mol. The van der Waals surface area contributed by atoms with Crippen molar-refractivity contribution in [3.05, 3.63) is 71.9 Å². The van der Waals surface area contributed by atoms with E-state index < -0.39 is 0 Å². The van der Waals surface area contributed by atoms with Crippen molar-refractivity contribution in [2.75, 3.05) is 6.61 Å². The van der Waals surface area contributed by atoms with Crippen molar-refractivity contribution in [2.45, 2.75) is 25.7 Å². The van der Waals surface area contributed by atoms with Crippen LogP contribution in [0.25, 0.3) is 10.9 Å². The topological polar surface area (TPSA) is 54.1 Å². The minimum atomic E-state index is -0.0944. The Balaban J connectivity index is 1.87. The zero-order valence-corrected chi connectivity index (χ0v) is 13.8. The van der Waals surface area contributed by atoms with Gasteiger partial charge in [0.25, 0.3) is 0 Å². The highest BCUT2D eigenvalue weighted by molar-refractivity contribution is 5.85. The predicted molar refractivity (Wildman–Crippen MR) is 95.6 cm³/mol. The van der Waals surface area contributed by atoms with Crippen molar-refractivity contribution in [2.24, 2.45) is 0 Å². The molecule has 3 aromatic rings. The van der Waals surface area contributed by atoms with Gasteiger partial charge in [0.1, 0.15) is 0 Å². The molecule has 0 aliphatic heterocycles. The summed E-state index contributed by atoms with van der Waals surface area (Å²) in [6.07, 6.45) is 3.21. The third-order valence-electron chi connectivity index (χ3n) is 4.15. The highest BCUT2D eigenvalue weighted by atomic mass is 16.6. The van der Waals surface area contributed by atoms with Crippen molar-refractivity contribution in [1.82, 2.24) is 10.5 Å². The molecule has 4 nitrogen and oxygen atoms in total. The van der Waals surface area contributed by atoms with E-state index in [1.54, 1.807) is 0 Å². The van der Waals surface area contributed by atoms with Gasteiger partial charge < -0.3 is 4.98 Å². The van der Waals surface area contributed by atoms with Gasteiger partial charge in [0.2, 0.25) is 5.91 Å². The standard InChI is InChI=1S/C20H22N2O2/c1-2-24-22-20(23)13-16(12-15-8-4-3-5-9-15)18-14-21-19-11-7-6-10-17(18)19/h3-11,14,16,21H,2,12-13H2,1H3,(H,22,23). The molecule has 24 heavy (non-hydrogen) atoms. The number of aromatic amines is 1. The Hall–Kier alpha value is -2.59. The highest BCUT2D eigenvalue weighted by Gasteiger charge is 2.20. The maximum absolute atomic E-state index is 12.2. The fourth-order valence-electron chi connectivity index (χ4n) is 3.04. The zero-order chi connectivity index (χ0) is 16.8. The van der Waals surface area contributed by atoms with Gasteiger partial charge in [-0.1, -0.05) is 48.5 Å². The van der Waals surface area contributed by atoms with Crippen LogP contribution in [0.1, 0.15) is 30.4 Å². The first-order valence-electron chi connectivity index (χ1n) is 8.28. The summed E-state index contributed by atoms with van der Waals surface area (Å²) >= 11 is 0. The number of nitrogens with one attached hydrogen (secondary N) is 2. The number of H-pyrrole nitrogens is 1. The van der Waals surface area contributed by atoms with Crippen molar-refractivity contribution in [1.29, 1.82) is 0 Å². The van der Waals surface area contributed by atoms with E-state index >= 15 is 0 Å². The number of amides is 1. The van der Waals surface area contributed by atoms with E-state index in [1.807, 2.05) is 43.5 Å². The number of hydroxylamine groups is 1. The summed E-state index contributed by atoms with van der Waals surface area (Å²) in [4.78, 5) is 20.5. The van der Waals surface area contributed by atoms with E-state index in [0.717, 1.165) is 11.9 Å². The molecular formula is C20H22N2O2. The summed E-state index contributed by atoms with van der Waals surface area (Å²) in [5.74, 6) is -0.00734. The summed E-state index contributed by atoms with van der Waals surface area (Å²) in [6, 6.07) is 18.5. The molecule has 1 amide bonds. The van der Waals surface area contributed by atoms with Gasteiger partial charge in [-0.25, -0.2) is 5.48 Å². The third-order valence-corrected chi connectivity index (χ3v) is 4.15. The van der Waals surface area contributed by atoms with Crippen LogP contribution in [0, 0.1) is 0 Å². The van der Waals surface area contributed by atoms with Gasteiger partial charge in [-0.2, -0.15) is 0 Å². The Morgan fingerprint density at radius 2 is 1.88 bits per heavy atom. The maximum Gasteiger partial charge on any atom is 0.244 e. The second-order valence-electron chi connectivity index (χ2n) is 5.84. The van der Waals surface area contributed by atoms with Gasteiger partial charge in [0, 0.05) is 23.5 Å². The second-order valence-corrected chi connectivity index (χ2v) is 5.84. The lowest BCUT2D eigenvalue weighted by Gasteiger charge is -2.16. The Morgan fingerprint density at radius 3 is 2.67 bits per heavy atom. The number of hydrogen-bond donors (Lipinski definition) is 2. The van der Waals surface area contributed by atoms with E-state index in [2.05, 4.69) is 34.7 Å². The van der Waals surface area contributed by atoms with Crippen LogP contribution in [0.5, 0.6) is 0 Å². The summed E-state index contributed by atoms with van der Waals surface area (Å²) in [5.41, 5.74) is 5.99. The molecule has 4 heteroatoms. The third kappa shape index (κ3) is 3.84. The van der Waals surface area contributed by atoms with Gasteiger partial charge >= 0.3 is 0 Å². The smallest absolute Gasteiger partial charge is 0.244 e. The minimum Gasteiger partial charge on any atom is -0.361 e. The van der Waals surface area contributed by atoms with E-state index in [0.29, 0.717) is 13.0 Å². The van der Waals surface area contributed by atoms with Gasteiger partial charge in [-0.15, -0.1) is 0 Å². The molecule has 0 fully saturated rings. The number of benzene rings is 2. The number of aromatic nitrogens is 1. The summed E-state index contributed by atoms with van der Waals surface area (Å²) < 4.78 is 0. The fourth-order valence-corrected chi connectivity index (χ4v) is 3.04. The summed E-state index contributed by atoms with van der Waals surface area (Å²) in [5, 5.41) is 1.17. The molecule has 0 aliphatic carbocycles. The fraction of sp³-hybridized carbons (Fsp3) is 0.250. The normalized spacial score (nSPS) is 12.2. The number of rotatable bonds is 7. The number of carbonyl (C=O) groups excluding carboxylic acids is 1. The molecule has 1 atom stereocenters. The average molecular weight is 322 g/mol. The van der Waals surface area contributed by atoms with Crippen molar-refractivity contribution in [3.63, 3.8) is 0 Å². The number of fused-ring (bicyclic) bond motifs is 1. The molecule has 3 rings (SSSR count). The van der Waals surface area contributed by atoms with Crippen LogP contribution in [0.15, 0.2) is 60.8 Å². The molecule has 0 saturated carbocycles. The van der Waals surface area contributed by atoms with Crippen LogP contribution in [0.4, 0.5) is 0 Å². The van der Waals surface area contributed by atoms with Crippen molar-refractivity contribution >= 4 is 16.8 Å². The van der Waals surface area contributed by atoms with Gasteiger partial charge in [-0.3, -0.25) is 9.63 Å². The van der Waals surface area contributed by atoms with E-state index in [9.17, 15) is 4.79 Å². The SMILES string of the molecule is CCONC(=O)CC(Cc1ccccc1)c1c[nH]c2ccccc12. The lowest BCUT2D eigenvalue weighted by molar-refractivity contribution is -0.133. The molecule has 1 unspecified atom stereocenters. The molecule has 1 aromatic heterocycles. The molecule has 0 spiro atoms. The monoisotopic (exact) mass is 322 g/mol. The van der Waals surface area contributed by atoms with Crippen LogP contribution >= 0.6 is 0 Å². The Kier molecular flexibility index (Phi) is 5.29. The molecule has 2 N–H and O–H groups in total. The van der Waals surface area contributed by atoms with Crippen molar-refractivity contribution in [3.8, 4) is 0 Å². The first-order valence-corrected chi connectivity index (χ1v) is 8.28. The van der Waals surface area contributed by atoms with Crippen molar-refractivity contribution < 1.29 is 9.63 Å². The number of hydrogen-bond acceptors (Lipinski definition) is 2. The summed E-state index contributed by atoms with van der Waals surface area (Å²) in [6.45, 7) is 2.31. The average Bonchev–Trinajstić information content (AvgIpc) is 3.04. The van der Waals surface area contributed by atoms with Crippen LogP contribution in [0.3, 0.4) is 0 Å². The van der Waals surface area contributed by atoms with Crippen LogP contribution in [0.2, 0.25) is 0 Å². The molecule has 0 aliphatic rings. The number of carbonyl (C=O) groups is 1. The predicted octanol–water partition coefficient (Wildman–Crippen LogP) is 3.95. The van der Waals surface area contributed by atoms with Gasteiger partial charge in [0.05, 0.1) is 6.61 Å². The van der Waals surface area contributed by atoms with Crippen LogP contribution < -0.4 is 5.48 Å². The zero-order valence-electron chi connectivity index (χ0n) is 13.8. The lowest BCUT2D eigenvalue weighted by atomic mass is 9.89. The summed E-state index contributed by atoms with van der Waals surface area (Å²) in [7, 11) is 0. The van der Waals surface area contributed by atoms with Crippen LogP contribution in [-0.4, -0.2) is 17.5 Å². The Labute approximate surface area is 141 Å². The van der Waals surface area contributed by atoms with E-state index in [4.69, 9.17) is 4.84 Å². The molecule has 124 valence electrons. The molecule has 0 radical (unpaired) electrons. The van der Waals surface area contributed by atoms with E-state index in [-0.39, 0.29) is 11.8 Å². The Bertz CT molecular complexity index is 796. The first-order chi connectivity index (χ1) is 11.8. The second kappa shape index (κ2) is 7.79. The number of para-hydroxylation sites is 1. The van der Waals surface area contributed by atoms with Gasteiger partial charge in [-0.05, 0) is 36.5 Å². The Morgan fingerprint density at radius 1 is 1.12 bits per heavy atom. The maximum atomic E-state index is 12.2. The minimum absolute atomic E-state index is 0.0870. The lowest BCUT2D eigenvalue weighted by Crippen LogP contribution is -2.25. The molecule has 2 aromatic carbocycles.